The molecule has 4 rings (SSSR count). The number of benzene rings is 2. The van der Waals surface area contributed by atoms with Crippen LogP contribution in [-0.2, 0) is 11.3 Å². The van der Waals surface area contributed by atoms with Gasteiger partial charge in [-0.05, 0) is 25.0 Å². The fraction of sp³-hybridized carbons (Fsp3) is 0.333. The summed E-state index contributed by atoms with van der Waals surface area (Å²) < 4.78 is 12.0. The molecule has 31 heavy (non-hydrogen) atoms. The van der Waals surface area contributed by atoms with Crippen LogP contribution >= 0.6 is 24.0 Å². The van der Waals surface area contributed by atoms with E-state index in [1.54, 1.807) is 6.20 Å². The van der Waals surface area contributed by atoms with Gasteiger partial charge in [-0.2, -0.15) is 0 Å². The Kier molecular flexibility index (Phi) is 8.48. The zero-order chi connectivity index (χ0) is 20.8. The predicted octanol–water partition coefficient (Wildman–Crippen LogP) is 4.81. The molecule has 0 bridgehead atoms. The molecule has 3 aromatic rings. The highest BCUT2D eigenvalue weighted by Crippen LogP contribution is 2.25. The number of halogens is 1. The van der Waals surface area contributed by atoms with Crippen molar-refractivity contribution >= 4 is 29.9 Å². The first-order chi connectivity index (χ1) is 14.7. The monoisotopic (exact) mass is 532 g/mol. The molecule has 0 amide bonds. The second-order valence-electron chi connectivity index (χ2n) is 7.32. The fourth-order valence-electron chi connectivity index (χ4n) is 3.67. The van der Waals surface area contributed by atoms with E-state index in [0.717, 1.165) is 36.9 Å². The second-order valence-corrected chi connectivity index (χ2v) is 7.32. The summed E-state index contributed by atoms with van der Waals surface area (Å²) >= 11 is 0. The number of rotatable bonds is 5. The van der Waals surface area contributed by atoms with Crippen molar-refractivity contribution < 1.29 is 9.15 Å². The van der Waals surface area contributed by atoms with Gasteiger partial charge < -0.3 is 19.4 Å². The minimum absolute atomic E-state index is 0. The van der Waals surface area contributed by atoms with Crippen molar-refractivity contribution in [2.45, 2.75) is 26.5 Å². The number of ether oxygens (including phenoxy) is 1. The summed E-state index contributed by atoms with van der Waals surface area (Å²) in [6, 6.07) is 18.4. The van der Waals surface area contributed by atoms with E-state index in [2.05, 4.69) is 53.3 Å². The van der Waals surface area contributed by atoms with Crippen molar-refractivity contribution in [3.8, 4) is 11.3 Å². The highest BCUT2D eigenvalue weighted by molar-refractivity contribution is 14.0. The highest BCUT2D eigenvalue weighted by Gasteiger charge is 2.25. The number of nitrogens with zero attached hydrogens (tertiary/aromatic N) is 3. The molecule has 6 nitrogen and oxygen atoms in total. The van der Waals surface area contributed by atoms with Crippen molar-refractivity contribution in [1.29, 1.82) is 0 Å². The molecule has 0 aliphatic carbocycles. The Hall–Kier alpha value is -2.39. The van der Waals surface area contributed by atoms with Gasteiger partial charge in [-0.1, -0.05) is 54.6 Å². The number of oxazole rings is 1. The molecule has 1 aliphatic rings. The fourth-order valence-corrected chi connectivity index (χ4v) is 3.67. The van der Waals surface area contributed by atoms with Gasteiger partial charge >= 0.3 is 0 Å². The van der Waals surface area contributed by atoms with Gasteiger partial charge in [0.25, 0.3) is 0 Å². The molecule has 2 aromatic carbocycles. The molecule has 1 fully saturated rings. The Morgan fingerprint density at radius 1 is 1.16 bits per heavy atom. The maximum atomic E-state index is 6.06. The number of aromatic nitrogens is 1. The number of hydrogen-bond acceptors (Lipinski definition) is 4. The van der Waals surface area contributed by atoms with Crippen LogP contribution < -0.4 is 5.32 Å². The first-order valence-electron chi connectivity index (χ1n) is 10.4. The summed E-state index contributed by atoms with van der Waals surface area (Å²) in [7, 11) is 0. The lowest BCUT2D eigenvalue weighted by molar-refractivity contribution is -0.00835. The van der Waals surface area contributed by atoms with Crippen molar-refractivity contribution in [2.24, 2.45) is 4.99 Å². The lowest BCUT2D eigenvalue weighted by Gasteiger charge is -2.35. The van der Waals surface area contributed by atoms with Gasteiger partial charge in [0.15, 0.2) is 11.7 Å². The molecule has 1 saturated heterocycles. The Bertz CT molecular complexity index is 990. The molecular formula is C24H29IN4O2. The van der Waals surface area contributed by atoms with Gasteiger partial charge in [0.1, 0.15) is 12.6 Å². The second kappa shape index (κ2) is 11.3. The third-order valence-corrected chi connectivity index (χ3v) is 5.21. The zero-order valence-corrected chi connectivity index (χ0v) is 20.3. The SMILES string of the molecule is CCNC(=NCc1ncc(-c2ccccc2)o1)N1CCOC(c2ccccc2C)C1.I. The smallest absolute Gasteiger partial charge is 0.216 e. The maximum absolute atomic E-state index is 6.06. The van der Waals surface area contributed by atoms with Crippen LogP contribution in [0.15, 0.2) is 70.2 Å². The van der Waals surface area contributed by atoms with Gasteiger partial charge in [-0.15, -0.1) is 24.0 Å². The van der Waals surface area contributed by atoms with Crippen LogP contribution in [0.25, 0.3) is 11.3 Å². The number of guanidine groups is 1. The van der Waals surface area contributed by atoms with Crippen molar-refractivity contribution in [3.05, 3.63) is 77.8 Å². The van der Waals surface area contributed by atoms with E-state index in [1.165, 1.54) is 11.1 Å². The van der Waals surface area contributed by atoms with Crippen LogP contribution in [0.2, 0.25) is 0 Å². The van der Waals surface area contributed by atoms with Gasteiger partial charge in [0.05, 0.1) is 19.3 Å². The van der Waals surface area contributed by atoms with Gasteiger partial charge in [0.2, 0.25) is 5.89 Å². The third-order valence-electron chi connectivity index (χ3n) is 5.21. The van der Waals surface area contributed by atoms with Crippen LogP contribution in [0.3, 0.4) is 0 Å². The van der Waals surface area contributed by atoms with E-state index < -0.39 is 0 Å². The lowest BCUT2D eigenvalue weighted by atomic mass is 10.0. The Balaban J connectivity index is 0.00000272. The molecule has 1 N–H and O–H groups in total. The molecule has 7 heteroatoms. The lowest BCUT2D eigenvalue weighted by Crippen LogP contribution is -2.48. The first-order valence-corrected chi connectivity index (χ1v) is 10.4. The number of aryl methyl sites for hydroxylation is 1. The van der Waals surface area contributed by atoms with E-state index in [-0.39, 0.29) is 30.1 Å². The molecule has 1 atom stereocenters. The van der Waals surface area contributed by atoms with Crippen LogP contribution in [0.5, 0.6) is 0 Å². The molecule has 1 aromatic heterocycles. The van der Waals surface area contributed by atoms with Gasteiger partial charge in [-0.3, -0.25) is 0 Å². The van der Waals surface area contributed by atoms with E-state index in [1.807, 2.05) is 30.3 Å². The highest BCUT2D eigenvalue weighted by atomic mass is 127. The van der Waals surface area contributed by atoms with E-state index in [0.29, 0.717) is 19.0 Å². The van der Waals surface area contributed by atoms with Crippen molar-refractivity contribution in [1.82, 2.24) is 15.2 Å². The maximum Gasteiger partial charge on any atom is 0.216 e. The van der Waals surface area contributed by atoms with Crippen LogP contribution in [-0.4, -0.2) is 42.1 Å². The summed E-state index contributed by atoms with van der Waals surface area (Å²) in [5.74, 6) is 2.23. The molecule has 1 unspecified atom stereocenters. The number of nitrogens with one attached hydrogen (secondary N) is 1. The third kappa shape index (κ3) is 5.86. The molecular weight excluding hydrogens is 503 g/mol. The standard InChI is InChI=1S/C24H28N4O2.HI/c1-3-25-24(27-16-23-26-15-21(30-23)19-10-5-4-6-11-19)28-13-14-29-22(17-28)20-12-8-7-9-18(20)2;/h4-12,15,22H,3,13-14,16-17H2,1-2H3,(H,25,27);1H. The van der Waals surface area contributed by atoms with Crippen LogP contribution in [0.4, 0.5) is 0 Å². The minimum atomic E-state index is 0. The molecule has 0 saturated carbocycles. The normalized spacial score (nSPS) is 16.6. The topological polar surface area (TPSA) is 62.9 Å². The Morgan fingerprint density at radius 3 is 2.71 bits per heavy atom. The molecule has 0 radical (unpaired) electrons. The molecule has 2 heterocycles. The van der Waals surface area contributed by atoms with Crippen LogP contribution in [0.1, 0.15) is 30.0 Å². The molecule has 164 valence electrons. The minimum Gasteiger partial charge on any atom is -0.439 e. The summed E-state index contributed by atoms with van der Waals surface area (Å²) in [5.41, 5.74) is 3.50. The average molecular weight is 532 g/mol. The van der Waals surface area contributed by atoms with E-state index >= 15 is 0 Å². The first kappa shape index (κ1) is 23.3. The quantitative estimate of drug-likeness (QED) is 0.291. The Morgan fingerprint density at radius 2 is 1.94 bits per heavy atom. The summed E-state index contributed by atoms with van der Waals surface area (Å²) in [6.45, 7) is 7.62. The number of aliphatic imine (C=N–C) groups is 1. The van der Waals surface area contributed by atoms with E-state index in [9.17, 15) is 0 Å². The average Bonchev–Trinajstić information content (AvgIpc) is 3.27. The van der Waals surface area contributed by atoms with E-state index in [4.69, 9.17) is 14.1 Å². The summed E-state index contributed by atoms with van der Waals surface area (Å²) in [4.78, 5) is 11.4. The van der Waals surface area contributed by atoms with Crippen molar-refractivity contribution in [3.63, 3.8) is 0 Å². The van der Waals surface area contributed by atoms with Gasteiger partial charge in [0, 0.05) is 18.7 Å². The molecule has 0 spiro atoms. The Labute approximate surface area is 200 Å². The number of hydrogen-bond donors (Lipinski definition) is 1. The molecule has 1 aliphatic heterocycles. The predicted molar refractivity (Wildman–Crippen MR) is 134 cm³/mol. The number of morpholine rings is 1. The van der Waals surface area contributed by atoms with Crippen molar-refractivity contribution in [2.75, 3.05) is 26.2 Å². The van der Waals surface area contributed by atoms with Crippen LogP contribution in [0, 0.1) is 6.92 Å². The summed E-state index contributed by atoms with van der Waals surface area (Å²) in [5, 5.41) is 3.40. The summed E-state index contributed by atoms with van der Waals surface area (Å²) in [6.07, 6.45) is 1.80. The largest absolute Gasteiger partial charge is 0.439 e. The zero-order valence-electron chi connectivity index (χ0n) is 18.0. The van der Waals surface area contributed by atoms with Gasteiger partial charge in [-0.25, -0.2) is 9.98 Å².